The summed E-state index contributed by atoms with van der Waals surface area (Å²) in [6.45, 7) is 8.37. The first-order chi connectivity index (χ1) is 6.61. The van der Waals surface area contributed by atoms with Crippen molar-refractivity contribution in [3.8, 4) is 0 Å². The zero-order valence-corrected chi connectivity index (χ0v) is 9.75. The maximum atomic E-state index is 11.5. The summed E-state index contributed by atoms with van der Waals surface area (Å²) in [4.78, 5) is 13.9. The predicted molar refractivity (Wildman–Crippen MR) is 59.3 cm³/mol. The van der Waals surface area contributed by atoms with Crippen LogP contribution in [0.2, 0.25) is 0 Å². The molecule has 1 rings (SSSR count). The second-order valence-electron chi connectivity index (χ2n) is 4.85. The van der Waals surface area contributed by atoms with Gasteiger partial charge in [0, 0.05) is 0 Å². The third kappa shape index (κ3) is 3.41. The van der Waals surface area contributed by atoms with Gasteiger partial charge in [-0.2, -0.15) is 0 Å². The molecule has 82 valence electrons. The second kappa shape index (κ2) is 5.50. The maximum Gasteiger partial charge on any atom is 0.146 e. The van der Waals surface area contributed by atoms with E-state index in [2.05, 4.69) is 18.7 Å². The lowest BCUT2D eigenvalue weighted by Crippen LogP contribution is -2.43. The summed E-state index contributed by atoms with van der Waals surface area (Å²) in [5.41, 5.74) is 0. The molecule has 2 nitrogen and oxygen atoms in total. The lowest BCUT2D eigenvalue weighted by Gasteiger charge is -2.33. The molecule has 0 bridgehead atoms. The fraction of sp³-hybridized carbons (Fsp3) is 0.917. The van der Waals surface area contributed by atoms with Crippen LogP contribution in [0, 0.1) is 5.92 Å². The zero-order chi connectivity index (χ0) is 10.6. The summed E-state index contributed by atoms with van der Waals surface area (Å²) in [6, 6.07) is 0.190. The SMILES string of the molecule is CC(=O)C(CC(C)C)N1CCCCC1. The fourth-order valence-corrected chi connectivity index (χ4v) is 2.25. The highest BCUT2D eigenvalue weighted by molar-refractivity contribution is 5.81. The lowest BCUT2D eigenvalue weighted by atomic mass is 9.97. The van der Waals surface area contributed by atoms with Crippen LogP contribution < -0.4 is 0 Å². The molecule has 2 heteroatoms. The lowest BCUT2D eigenvalue weighted by molar-refractivity contribution is -0.123. The van der Waals surface area contributed by atoms with Crippen LogP contribution in [-0.4, -0.2) is 29.8 Å². The Morgan fingerprint density at radius 2 is 1.79 bits per heavy atom. The molecule has 1 unspecified atom stereocenters. The smallest absolute Gasteiger partial charge is 0.146 e. The van der Waals surface area contributed by atoms with E-state index >= 15 is 0 Å². The van der Waals surface area contributed by atoms with Gasteiger partial charge in [-0.1, -0.05) is 20.3 Å². The van der Waals surface area contributed by atoms with Gasteiger partial charge in [0.05, 0.1) is 6.04 Å². The number of hydrogen-bond acceptors (Lipinski definition) is 2. The van der Waals surface area contributed by atoms with Gasteiger partial charge in [-0.3, -0.25) is 9.69 Å². The predicted octanol–water partition coefficient (Wildman–Crippen LogP) is 2.48. The third-order valence-electron chi connectivity index (χ3n) is 3.00. The quantitative estimate of drug-likeness (QED) is 0.690. The second-order valence-corrected chi connectivity index (χ2v) is 4.85. The van der Waals surface area contributed by atoms with Crippen LogP contribution in [0.15, 0.2) is 0 Å². The standard InChI is InChI=1S/C12H23NO/c1-10(2)9-12(11(3)14)13-7-5-4-6-8-13/h10,12H,4-9H2,1-3H3. The Balaban J connectivity index is 2.51. The van der Waals surface area contributed by atoms with Gasteiger partial charge >= 0.3 is 0 Å². The van der Waals surface area contributed by atoms with Crippen molar-refractivity contribution in [2.75, 3.05) is 13.1 Å². The number of carbonyl (C=O) groups excluding carboxylic acids is 1. The molecule has 0 spiro atoms. The number of carbonyl (C=O) groups is 1. The monoisotopic (exact) mass is 197 g/mol. The van der Waals surface area contributed by atoms with Gasteiger partial charge in [-0.25, -0.2) is 0 Å². The van der Waals surface area contributed by atoms with E-state index in [1.807, 2.05) is 0 Å². The van der Waals surface area contributed by atoms with E-state index in [1.165, 1.54) is 19.3 Å². The number of ketones is 1. The fourth-order valence-electron chi connectivity index (χ4n) is 2.25. The Kier molecular flexibility index (Phi) is 4.59. The molecule has 0 aliphatic carbocycles. The first kappa shape index (κ1) is 11.7. The van der Waals surface area contributed by atoms with Gasteiger partial charge in [-0.05, 0) is 45.2 Å². The van der Waals surface area contributed by atoms with Crippen LogP contribution >= 0.6 is 0 Å². The van der Waals surface area contributed by atoms with Gasteiger partial charge in [0.2, 0.25) is 0 Å². The Labute approximate surface area is 87.7 Å². The molecule has 1 atom stereocenters. The van der Waals surface area contributed by atoms with E-state index in [9.17, 15) is 4.79 Å². The summed E-state index contributed by atoms with van der Waals surface area (Å²) in [6.07, 6.45) is 4.89. The highest BCUT2D eigenvalue weighted by Crippen LogP contribution is 2.18. The average molecular weight is 197 g/mol. The van der Waals surface area contributed by atoms with Crippen LogP contribution in [0.5, 0.6) is 0 Å². The number of hydrogen-bond donors (Lipinski definition) is 0. The van der Waals surface area contributed by atoms with Crippen molar-refractivity contribution < 1.29 is 4.79 Å². The van der Waals surface area contributed by atoms with E-state index in [4.69, 9.17) is 0 Å². The highest BCUT2D eigenvalue weighted by Gasteiger charge is 2.24. The summed E-state index contributed by atoms with van der Waals surface area (Å²) in [5.74, 6) is 0.964. The molecule has 1 saturated heterocycles. The van der Waals surface area contributed by atoms with E-state index in [0.29, 0.717) is 11.7 Å². The topological polar surface area (TPSA) is 20.3 Å². The van der Waals surface area contributed by atoms with Gasteiger partial charge in [-0.15, -0.1) is 0 Å². The van der Waals surface area contributed by atoms with Gasteiger partial charge < -0.3 is 0 Å². The average Bonchev–Trinajstić information content (AvgIpc) is 2.15. The molecule has 0 N–H and O–H groups in total. The molecule has 0 aromatic carbocycles. The molecule has 1 aliphatic heterocycles. The summed E-state index contributed by atoms with van der Waals surface area (Å²) < 4.78 is 0. The molecule has 1 heterocycles. The van der Waals surface area contributed by atoms with Crippen molar-refractivity contribution in [2.24, 2.45) is 5.92 Å². The normalized spacial score (nSPS) is 21.1. The summed E-state index contributed by atoms with van der Waals surface area (Å²) in [5, 5.41) is 0. The van der Waals surface area contributed by atoms with Crippen molar-refractivity contribution in [1.82, 2.24) is 4.90 Å². The third-order valence-corrected chi connectivity index (χ3v) is 3.00. The van der Waals surface area contributed by atoms with Crippen molar-refractivity contribution in [3.05, 3.63) is 0 Å². The first-order valence-corrected chi connectivity index (χ1v) is 5.85. The van der Waals surface area contributed by atoms with Gasteiger partial charge in [0.1, 0.15) is 5.78 Å². The van der Waals surface area contributed by atoms with Crippen LogP contribution in [-0.2, 0) is 4.79 Å². The minimum absolute atomic E-state index is 0.190. The van der Waals surface area contributed by atoms with E-state index < -0.39 is 0 Å². The van der Waals surface area contributed by atoms with Crippen molar-refractivity contribution >= 4 is 5.78 Å². The van der Waals surface area contributed by atoms with Crippen molar-refractivity contribution in [2.45, 2.75) is 52.5 Å². The van der Waals surface area contributed by atoms with E-state index in [-0.39, 0.29) is 6.04 Å². The first-order valence-electron chi connectivity index (χ1n) is 5.85. The van der Waals surface area contributed by atoms with Crippen LogP contribution in [0.1, 0.15) is 46.5 Å². The number of nitrogens with zero attached hydrogens (tertiary/aromatic N) is 1. The number of piperidine rings is 1. The van der Waals surface area contributed by atoms with Crippen LogP contribution in [0.4, 0.5) is 0 Å². The van der Waals surface area contributed by atoms with Crippen LogP contribution in [0.3, 0.4) is 0 Å². The maximum absolute atomic E-state index is 11.5. The van der Waals surface area contributed by atoms with Gasteiger partial charge in [0.15, 0.2) is 0 Å². The highest BCUT2D eigenvalue weighted by atomic mass is 16.1. The summed E-state index contributed by atoms with van der Waals surface area (Å²) >= 11 is 0. The molecule has 0 saturated carbocycles. The van der Waals surface area contributed by atoms with E-state index in [1.54, 1.807) is 6.92 Å². The molecule has 0 radical (unpaired) electrons. The molecular formula is C12H23NO. The number of likely N-dealkylation sites (tertiary alicyclic amines) is 1. The summed E-state index contributed by atoms with van der Waals surface area (Å²) in [7, 11) is 0. The molecular weight excluding hydrogens is 174 g/mol. The van der Waals surface area contributed by atoms with E-state index in [0.717, 1.165) is 19.5 Å². The molecule has 1 aliphatic rings. The Morgan fingerprint density at radius 1 is 1.21 bits per heavy atom. The Morgan fingerprint density at radius 3 is 2.21 bits per heavy atom. The molecule has 1 fully saturated rings. The Bertz CT molecular complexity index is 183. The minimum Gasteiger partial charge on any atom is -0.298 e. The van der Waals surface area contributed by atoms with Gasteiger partial charge in [0.25, 0.3) is 0 Å². The van der Waals surface area contributed by atoms with Crippen LogP contribution in [0.25, 0.3) is 0 Å². The molecule has 0 aromatic heterocycles. The minimum atomic E-state index is 0.190. The van der Waals surface area contributed by atoms with Crippen molar-refractivity contribution in [1.29, 1.82) is 0 Å². The zero-order valence-electron chi connectivity index (χ0n) is 9.75. The molecule has 14 heavy (non-hydrogen) atoms. The number of rotatable bonds is 4. The molecule has 0 amide bonds. The van der Waals surface area contributed by atoms with Crippen molar-refractivity contribution in [3.63, 3.8) is 0 Å². The molecule has 0 aromatic rings. The number of Topliss-reactive ketones (excluding diaryl/α,β-unsaturated/α-hetero) is 1. The Hall–Kier alpha value is -0.370. The largest absolute Gasteiger partial charge is 0.298 e.